The number of nitrogens with one attached hydrogen (secondary N) is 1. The lowest BCUT2D eigenvalue weighted by molar-refractivity contribution is 0.291. The molecule has 0 aliphatic heterocycles. The molecule has 2 aromatic rings. The van der Waals surface area contributed by atoms with E-state index in [9.17, 15) is 13.5 Å². The monoisotopic (exact) mass is 380 g/mol. The topological polar surface area (TPSA) is 111 Å². The van der Waals surface area contributed by atoms with Gasteiger partial charge >= 0.3 is 0 Å². The number of sulfonamides is 1. The number of rotatable bonds is 9. The number of para-hydroxylation sites is 2. The molecule has 0 fully saturated rings. The molecule has 0 saturated carbocycles. The van der Waals surface area contributed by atoms with Crippen molar-refractivity contribution in [3.8, 4) is 17.2 Å². The van der Waals surface area contributed by atoms with Gasteiger partial charge in [-0.25, -0.2) is 13.6 Å². The highest BCUT2D eigenvalue weighted by molar-refractivity contribution is 7.89. The Labute approximate surface area is 153 Å². The molecule has 2 aromatic carbocycles. The number of aromatic hydroxyl groups is 1. The lowest BCUT2D eigenvalue weighted by Crippen LogP contribution is -2.31. The van der Waals surface area contributed by atoms with Gasteiger partial charge in [0.2, 0.25) is 10.0 Å². The van der Waals surface area contributed by atoms with E-state index in [0.29, 0.717) is 25.3 Å². The zero-order chi connectivity index (χ0) is 19.2. The number of hydrogen-bond acceptors (Lipinski definition) is 6. The average Bonchev–Trinajstić information content (AvgIpc) is 2.59. The third-order valence-corrected chi connectivity index (χ3v) is 4.73. The summed E-state index contributed by atoms with van der Waals surface area (Å²) in [5.41, 5.74) is 0.830. The fourth-order valence-electron chi connectivity index (χ4n) is 2.54. The summed E-state index contributed by atoms with van der Waals surface area (Å²) in [4.78, 5) is -0.0208. The predicted octanol–water partition coefficient (Wildman–Crippen LogP) is 1.65. The van der Waals surface area contributed by atoms with Gasteiger partial charge < -0.3 is 19.9 Å². The normalized spacial score (nSPS) is 12.6. The molecule has 4 N–H and O–H groups in total. The first-order valence-corrected chi connectivity index (χ1v) is 9.70. The standard InChI is InChI=1S/C18H24N2O5S/c1-13(20-9-10-25-16-6-4-3-5-15(16)21)11-14-7-8-17(24-2)18(12-14)26(19,22)23/h3-8,12-13,20-21H,9-11H2,1-2H3,(H2,19,22,23). The van der Waals surface area contributed by atoms with E-state index in [0.717, 1.165) is 5.56 Å². The lowest BCUT2D eigenvalue weighted by atomic mass is 10.1. The van der Waals surface area contributed by atoms with Crippen LogP contribution < -0.4 is 19.9 Å². The molecule has 142 valence electrons. The molecule has 0 saturated heterocycles. The van der Waals surface area contributed by atoms with Crippen LogP contribution in [0.1, 0.15) is 12.5 Å². The summed E-state index contributed by atoms with van der Waals surface area (Å²) in [6, 6.07) is 11.8. The van der Waals surface area contributed by atoms with Crippen molar-refractivity contribution in [2.75, 3.05) is 20.3 Å². The molecular weight excluding hydrogens is 356 g/mol. The summed E-state index contributed by atoms with van der Waals surface area (Å²) in [5.74, 6) is 0.775. The van der Waals surface area contributed by atoms with Gasteiger partial charge in [0.25, 0.3) is 0 Å². The minimum absolute atomic E-state index is 0.0208. The van der Waals surface area contributed by atoms with Gasteiger partial charge in [-0.15, -0.1) is 0 Å². The number of hydrogen-bond donors (Lipinski definition) is 3. The number of benzene rings is 2. The van der Waals surface area contributed by atoms with E-state index in [1.54, 1.807) is 30.3 Å². The van der Waals surface area contributed by atoms with Gasteiger partial charge in [0.1, 0.15) is 17.3 Å². The lowest BCUT2D eigenvalue weighted by Gasteiger charge is -2.16. The van der Waals surface area contributed by atoms with Crippen molar-refractivity contribution in [1.29, 1.82) is 0 Å². The summed E-state index contributed by atoms with van der Waals surface area (Å²) >= 11 is 0. The van der Waals surface area contributed by atoms with Crippen LogP contribution in [0.2, 0.25) is 0 Å². The van der Waals surface area contributed by atoms with Gasteiger partial charge in [-0.2, -0.15) is 0 Å². The smallest absolute Gasteiger partial charge is 0.241 e. The van der Waals surface area contributed by atoms with Crippen LogP contribution in [-0.4, -0.2) is 39.8 Å². The van der Waals surface area contributed by atoms with Gasteiger partial charge in [-0.05, 0) is 43.2 Å². The Bertz CT molecular complexity index is 839. The zero-order valence-electron chi connectivity index (χ0n) is 14.8. The average molecular weight is 380 g/mol. The molecule has 1 unspecified atom stereocenters. The van der Waals surface area contributed by atoms with Crippen molar-refractivity contribution in [2.45, 2.75) is 24.3 Å². The Morgan fingerprint density at radius 3 is 2.58 bits per heavy atom. The highest BCUT2D eigenvalue weighted by atomic mass is 32.2. The summed E-state index contributed by atoms with van der Waals surface area (Å²) in [6.45, 7) is 2.96. The van der Waals surface area contributed by atoms with E-state index in [1.807, 2.05) is 13.0 Å². The number of nitrogens with two attached hydrogens (primary N) is 1. The van der Waals surface area contributed by atoms with Gasteiger partial charge in [0, 0.05) is 12.6 Å². The first-order valence-electron chi connectivity index (χ1n) is 8.15. The van der Waals surface area contributed by atoms with Crippen molar-refractivity contribution >= 4 is 10.0 Å². The van der Waals surface area contributed by atoms with Crippen molar-refractivity contribution in [3.05, 3.63) is 48.0 Å². The summed E-state index contributed by atoms with van der Waals surface area (Å²) in [5, 5.41) is 18.2. The zero-order valence-corrected chi connectivity index (χ0v) is 15.6. The van der Waals surface area contributed by atoms with Crippen LogP contribution in [0.3, 0.4) is 0 Å². The van der Waals surface area contributed by atoms with E-state index in [-0.39, 0.29) is 22.4 Å². The molecule has 0 heterocycles. The van der Waals surface area contributed by atoms with Crippen LogP contribution in [-0.2, 0) is 16.4 Å². The summed E-state index contributed by atoms with van der Waals surface area (Å²) in [7, 11) is -2.45. The Morgan fingerprint density at radius 2 is 1.92 bits per heavy atom. The molecule has 0 bridgehead atoms. The molecule has 0 aliphatic carbocycles. The molecule has 7 nitrogen and oxygen atoms in total. The molecular formula is C18H24N2O5S. The predicted molar refractivity (Wildman–Crippen MR) is 99.1 cm³/mol. The summed E-state index contributed by atoms with van der Waals surface area (Å²) < 4.78 is 33.9. The van der Waals surface area contributed by atoms with Crippen LogP contribution in [0.4, 0.5) is 0 Å². The third-order valence-electron chi connectivity index (χ3n) is 3.79. The fourth-order valence-corrected chi connectivity index (χ4v) is 3.29. The number of methoxy groups -OCH3 is 1. The molecule has 0 aromatic heterocycles. The second kappa shape index (κ2) is 8.88. The van der Waals surface area contributed by atoms with Crippen LogP contribution in [0.5, 0.6) is 17.2 Å². The molecule has 1 atom stereocenters. The quantitative estimate of drug-likeness (QED) is 0.571. The molecule has 8 heteroatoms. The highest BCUT2D eigenvalue weighted by Gasteiger charge is 2.16. The Hall–Kier alpha value is -2.29. The van der Waals surface area contributed by atoms with E-state index in [1.165, 1.54) is 13.2 Å². The van der Waals surface area contributed by atoms with E-state index in [2.05, 4.69) is 5.32 Å². The second-order valence-corrected chi connectivity index (χ2v) is 7.44. The van der Waals surface area contributed by atoms with E-state index in [4.69, 9.17) is 14.6 Å². The van der Waals surface area contributed by atoms with Crippen LogP contribution in [0.25, 0.3) is 0 Å². The number of phenolic OH excluding ortho intramolecular Hbond substituents is 1. The molecule has 2 rings (SSSR count). The maximum Gasteiger partial charge on any atom is 0.241 e. The van der Waals surface area contributed by atoms with Crippen molar-refractivity contribution in [2.24, 2.45) is 5.14 Å². The van der Waals surface area contributed by atoms with Crippen LogP contribution >= 0.6 is 0 Å². The largest absolute Gasteiger partial charge is 0.504 e. The van der Waals surface area contributed by atoms with Crippen LogP contribution in [0, 0.1) is 0 Å². The van der Waals surface area contributed by atoms with E-state index >= 15 is 0 Å². The molecule has 26 heavy (non-hydrogen) atoms. The van der Waals surface area contributed by atoms with Crippen LogP contribution in [0.15, 0.2) is 47.4 Å². The molecule has 0 radical (unpaired) electrons. The Morgan fingerprint density at radius 1 is 1.19 bits per heavy atom. The number of ether oxygens (including phenoxy) is 2. The first kappa shape index (κ1) is 20.0. The number of primary sulfonamides is 1. The molecule has 0 spiro atoms. The maximum absolute atomic E-state index is 11.7. The highest BCUT2D eigenvalue weighted by Crippen LogP contribution is 2.25. The van der Waals surface area contributed by atoms with Gasteiger partial charge in [-0.1, -0.05) is 18.2 Å². The number of phenols is 1. The third kappa shape index (κ3) is 5.62. The van der Waals surface area contributed by atoms with Crippen molar-refractivity contribution < 1.29 is 23.0 Å². The second-order valence-electron chi connectivity index (χ2n) is 5.91. The minimum Gasteiger partial charge on any atom is -0.504 e. The minimum atomic E-state index is -3.85. The first-order chi connectivity index (χ1) is 12.3. The van der Waals surface area contributed by atoms with E-state index < -0.39 is 10.0 Å². The maximum atomic E-state index is 11.7. The van der Waals surface area contributed by atoms with Gasteiger partial charge in [-0.3, -0.25) is 0 Å². The van der Waals surface area contributed by atoms with Crippen molar-refractivity contribution in [1.82, 2.24) is 5.32 Å². The summed E-state index contributed by atoms with van der Waals surface area (Å²) in [6.07, 6.45) is 0.614. The van der Waals surface area contributed by atoms with Gasteiger partial charge in [0.05, 0.1) is 7.11 Å². The molecule has 0 amide bonds. The fraction of sp³-hybridized carbons (Fsp3) is 0.333. The SMILES string of the molecule is COc1ccc(CC(C)NCCOc2ccccc2O)cc1S(N)(=O)=O. The Kier molecular flexibility index (Phi) is 6.84. The van der Waals surface area contributed by atoms with Gasteiger partial charge in [0.15, 0.2) is 11.5 Å². The Balaban J connectivity index is 1.88. The molecule has 0 aliphatic rings. The van der Waals surface area contributed by atoms with Crippen molar-refractivity contribution in [3.63, 3.8) is 0 Å².